The molecule has 0 atom stereocenters. The third-order valence-electron chi connectivity index (χ3n) is 3.04. The normalized spacial score (nSPS) is 10.1. The van der Waals surface area contributed by atoms with Crippen LogP contribution in [0, 0.1) is 13.8 Å². The second-order valence-electron chi connectivity index (χ2n) is 5.41. The lowest BCUT2D eigenvalue weighted by atomic mass is 10.4. The summed E-state index contributed by atoms with van der Waals surface area (Å²) in [6.07, 6.45) is 0.0345. The molecule has 11 heteroatoms. The van der Waals surface area contributed by atoms with Crippen molar-refractivity contribution in [2.24, 2.45) is 0 Å². The molecular formula is C16H18N4O5S2. The van der Waals surface area contributed by atoms with Crippen LogP contribution in [0.1, 0.15) is 25.3 Å². The van der Waals surface area contributed by atoms with Crippen LogP contribution >= 0.6 is 22.7 Å². The van der Waals surface area contributed by atoms with Crippen molar-refractivity contribution in [2.75, 3.05) is 13.2 Å². The van der Waals surface area contributed by atoms with Crippen LogP contribution in [0.15, 0.2) is 17.5 Å². The van der Waals surface area contributed by atoms with Gasteiger partial charge >= 0.3 is 5.97 Å². The summed E-state index contributed by atoms with van der Waals surface area (Å²) in [6.45, 7) is 2.74. The van der Waals surface area contributed by atoms with E-state index in [-0.39, 0.29) is 18.9 Å². The molecule has 0 bridgehead atoms. The van der Waals surface area contributed by atoms with Gasteiger partial charge in [-0.05, 0) is 26.0 Å². The number of carbonyl (C=O) groups is 4. The number of carbonyl (C=O) groups excluding carboxylic acids is 4. The van der Waals surface area contributed by atoms with Crippen LogP contribution in [0.2, 0.25) is 0 Å². The number of nitrogens with one attached hydrogen (secondary N) is 3. The van der Waals surface area contributed by atoms with Gasteiger partial charge in [0.2, 0.25) is 5.91 Å². The van der Waals surface area contributed by atoms with Crippen molar-refractivity contribution in [3.05, 3.63) is 38.0 Å². The molecule has 0 saturated carbocycles. The van der Waals surface area contributed by atoms with E-state index >= 15 is 0 Å². The number of hydrazine groups is 1. The molecule has 2 aromatic rings. The molecule has 3 amide bonds. The number of hydrogen-bond acceptors (Lipinski definition) is 8. The molecular weight excluding hydrogens is 392 g/mol. The van der Waals surface area contributed by atoms with Gasteiger partial charge in [0.1, 0.15) is 11.6 Å². The van der Waals surface area contributed by atoms with Gasteiger partial charge in [-0.15, -0.1) is 22.7 Å². The molecule has 0 radical (unpaired) electrons. The van der Waals surface area contributed by atoms with Gasteiger partial charge < -0.3 is 10.1 Å². The minimum Gasteiger partial charge on any atom is -0.454 e. The maximum absolute atomic E-state index is 11.8. The summed E-state index contributed by atoms with van der Waals surface area (Å²) in [5.41, 5.74) is 5.16. The van der Waals surface area contributed by atoms with Crippen LogP contribution in [-0.4, -0.2) is 41.8 Å². The molecule has 2 aromatic heterocycles. The highest BCUT2D eigenvalue weighted by atomic mass is 32.1. The van der Waals surface area contributed by atoms with Gasteiger partial charge in [0.15, 0.2) is 6.61 Å². The largest absolute Gasteiger partial charge is 0.454 e. The van der Waals surface area contributed by atoms with Gasteiger partial charge in [-0.1, -0.05) is 0 Å². The molecule has 0 saturated heterocycles. The van der Waals surface area contributed by atoms with Gasteiger partial charge in [0.25, 0.3) is 11.8 Å². The number of thiazole rings is 1. The minimum atomic E-state index is -0.767. The van der Waals surface area contributed by atoms with Gasteiger partial charge in [-0.3, -0.25) is 30.0 Å². The number of aryl methyl sites for hydroxylation is 2. The van der Waals surface area contributed by atoms with E-state index in [4.69, 9.17) is 4.74 Å². The van der Waals surface area contributed by atoms with Gasteiger partial charge in [0, 0.05) is 16.0 Å². The van der Waals surface area contributed by atoms with Crippen LogP contribution in [0.3, 0.4) is 0 Å². The van der Waals surface area contributed by atoms with E-state index in [1.807, 2.05) is 19.2 Å². The Morgan fingerprint density at radius 3 is 2.48 bits per heavy atom. The maximum Gasteiger partial charge on any atom is 0.325 e. The Bertz CT molecular complexity index is 845. The molecule has 0 aromatic carbocycles. The van der Waals surface area contributed by atoms with Crippen LogP contribution in [0.5, 0.6) is 0 Å². The fraction of sp³-hybridized carbons (Fsp3) is 0.312. The molecule has 9 nitrogen and oxygen atoms in total. The first-order valence-electron chi connectivity index (χ1n) is 7.82. The van der Waals surface area contributed by atoms with Crippen molar-refractivity contribution < 1.29 is 23.9 Å². The number of rotatable bonds is 7. The number of aromatic nitrogens is 1. The number of nitrogens with zero attached hydrogens (tertiary/aromatic N) is 1. The van der Waals surface area contributed by atoms with Crippen molar-refractivity contribution in [1.82, 2.24) is 21.2 Å². The van der Waals surface area contributed by atoms with E-state index in [0.29, 0.717) is 9.88 Å². The molecule has 144 valence electrons. The van der Waals surface area contributed by atoms with Crippen LogP contribution in [0.25, 0.3) is 0 Å². The average molecular weight is 410 g/mol. The predicted octanol–water partition coefficient (Wildman–Crippen LogP) is 0.485. The van der Waals surface area contributed by atoms with E-state index in [2.05, 4.69) is 21.2 Å². The number of ether oxygens (including phenoxy) is 1. The van der Waals surface area contributed by atoms with Crippen LogP contribution in [0.4, 0.5) is 0 Å². The molecule has 27 heavy (non-hydrogen) atoms. The Labute approximate surface area is 163 Å². The third kappa shape index (κ3) is 7.15. The fourth-order valence-corrected chi connectivity index (χ4v) is 3.39. The Morgan fingerprint density at radius 2 is 1.85 bits per heavy atom. The number of thiophene rings is 1. The highest BCUT2D eigenvalue weighted by molar-refractivity contribution is 7.13. The lowest BCUT2D eigenvalue weighted by Crippen LogP contribution is -2.44. The molecule has 2 heterocycles. The molecule has 0 aliphatic carbocycles. The predicted molar refractivity (Wildman–Crippen MR) is 99.2 cm³/mol. The molecule has 3 N–H and O–H groups in total. The number of amides is 3. The fourth-order valence-electron chi connectivity index (χ4n) is 1.83. The average Bonchev–Trinajstić information content (AvgIpc) is 3.24. The Hall–Kier alpha value is -2.79. The second-order valence-corrected chi connectivity index (χ2v) is 7.64. The summed E-state index contributed by atoms with van der Waals surface area (Å²) in [7, 11) is 0. The zero-order chi connectivity index (χ0) is 19.8. The summed E-state index contributed by atoms with van der Waals surface area (Å²) < 4.78 is 4.73. The third-order valence-corrected chi connectivity index (χ3v) is 5.01. The SMILES string of the molecule is Cc1csc(CC(=O)NNC(=O)COC(=O)CNC(=O)c2ccc(C)s2)n1. The zero-order valence-electron chi connectivity index (χ0n) is 14.7. The minimum absolute atomic E-state index is 0.0345. The summed E-state index contributed by atoms with van der Waals surface area (Å²) >= 11 is 2.65. The second kappa shape index (κ2) is 9.78. The Morgan fingerprint density at radius 1 is 1.11 bits per heavy atom. The summed E-state index contributed by atoms with van der Waals surface area (Å²) in [5, 5.41) is 4.85. The van der Waals surface area contributed by atoms with Gasteiger partial charge in [-0.25, -0.2) is 4.98 Å². The topological polar surface area (TPSA) is 126 Å². The molecule has 0 fully saturated rings. The highest BCUT2D eigenvalue weighted by Crippen LogP contribution is 2.14. The zero-order valence-corrected chi connectivity index (χ0v) is 16.3. The van der Waals surface area contributed by atoms with E-state index < -0.39 is 24.4 Å². The highest BCUT2D eigenvalue weighted by Gasteiger charge is 2.13. The van der Waals surface area contributed by atoms with E-state index in [1.165, 1.54) is 22.7 Å². The Kier molecular flexibility index (Phi) is 7.44. The molecule has 0 spiro atoms. The van der Waals surface area contributed by atoms with Crippen molar-refractivity contribution in [3.8, 4) is 0 Å². The first-order chi connectivity index (χ1) is 12.8. The van der Waals surface area contributed by atoms with Gasteiger partial charge in [0.05, 0.1) is 11.3 Å². The van der Waals surface area contributed by atoms with Crippen molar-refractivity contribution in [1.29, 1.82) is 0 Å². The van der Waals surface area contributed by atoms with Crippen molar-refractivity contribution >= 4 is 46.4 Å². The molecule has 0 unspecified atom stereocenters. The summed E-state index contributed by atoms with van der Waals surface area (Å²) in [5.74, 6) is -2.30. The Balaban J connectivity index is 1.60. The van der Waals surface area contributed by atoms with E-state index in [9.17, 15) is 19.2 Å². The van der Waals surface area contributed by atoms with Crippen LogP contribution in [-0.2, 0) is 25.5 Å². The van der Waals surface area contributed by atoms with E-state index in [1.54, 1.807) is 12.1 Å². The molecule has 2 rings (SSSR count). The van der Waals surface area contributed by atoms with Crippen LogP contribution < -0.4 is 16.2 Å². The first kappa shape index (κ1) is 20.5. The molecule has 0 aliphatic rings. The van der Waals surface area contributed by atoms with Crippen molar-refractivity contribution in [2.45, 2.75) is 20.3 Å². The molecule has 0 aliphatic heterocycles. The standard InChI is InChI=1S/C16H18N4O5S2/c1-9-8-26-14(18-9)5-12(21)19-20-13(22)7-25-15(23)6-17-16(24)11-4-3-10(2)27-11/h3-4,8H,5-7H2,1-2H3,(H,17,24)(H,19,21)(H,20,22). The van der Waals surface area contributed by atoms with Crippen molar-refractivity contribution in [3.63, 3.8) is 0 Å². The maximum atomic E-state index is 11.8. The smallest absolute Gasteiger partial charge is 0.325 e. The first-order valence-corrected chi connectivity index (χ1v) is 9.52. The van der Waals surface area contributed by atoms with E-state index in [0.717, 1.165) is 10.6 Å². The summed E-state index contributed by atoms with van der Waals surface area (Å²) in [4.78, 5) is 52.2. The number of hydrogen-bond donors (Lipinski definition) is 3. The lowest BCUT2D eigenvalue weighted by Gasteiger charge is -2.08. The summed E-state index contributed by atoms with van der Waals surface area (Å²) in [6, 6.07) is 3.45. The van der Waals surface area contributed by atoms with Gasteiger partial charge in [-0.2, -0.15) is 0 Å². The number of esters is 1. The monoisotopic (exact) mass is 410 g/mol. The quantitative estimate of drug-likeness (QED) is 0.450. The lowest BCUT2D eigenvalue weighted by molar-refractivity contribution is -0.148.